The van der Waals surface area contributed by atoms with E-state index < -0.39 is 34.9 Å². The van der Waals surface area contributed by atoms with E-state index in [0.717, 1.165) is 12.3 Å². The third-order valence-corrected chi connectivity index (χ3v) is 2.23. The van der Waals surface area contributed by atoms with Crippen molar-refractivity contribution in [2.24, 2.45) is 0 Å². The summed E-state index contributed by atoms with van der Waals surface area (Å²) in [5.41, 5.74) is -0.266. The maximum atomic E-state index is 12.9. The molecule has 2 rings (SSSR count). The molecule has 0 aliphatic heterocycles. The summed E-state index contributed by atoms with van der Waals surface area (Å²) >= 11 is 0. The van der Waals surface area contributed by atoms with E-state index in [9.17, 15) is 22.4 Å². The summed E-state index contributed by atoms with van der Waals surface area (Å²) in [4.78, 5) is 14.9. The molecule has 3 nitrogen and oxygen atoms in total. The van der Waals surface area contributed by atoms with Gasteiger partial charge in [0.25, 0.3) is 5.91 Å². The summed E-state index contributed by atoms with van der Waals surface area (Å²) in [6.07, 6.45) is 1.03. The van der Waals surface area contributed by atoms with Gasteiger partial charge in [-0.3, -0.25) is 4.79 Å². The average molecular weight is 270 g/mol. The summed E-state index contributed by atoms with van der Waals surface area (Å²) in [6.45, 7) is 0. The zero-order valence-electron chi connectivity index (χ0n) is 9.25. The Morgan fingerprint density at radius 3 is 2.21 bits per heavy atom. The lowest BCUT2D eigenvalue weighted by molar-refractivity contribution is 0.102. The van der Waals surface area contributed by atoms with Crippen molar-refractivity contribution < 1.29 is 22.4 Å². The van der Waals surface area contributed by atoms with E-state index in [4.69, 9.17) is 0 Å². The molecule has 0 radical (unpaired) electrons. The molecule has 0 bridgehead atoms. The highest BCUT2D eigenvalue weighted by Gasteiger charge is 2.15. The molecule has 98 valence electrons. The lowest BCUT2D eigenvalue weighted by Crippen LogP contribution is -2.13. The van der Waals surface area contributed by atoms with Gasteiger partial charge < -0.3 is 5.32 Å². The van der Waals surface area contributed by atoms with E-state index in [1.165, 1.54) is 6.07 Å². The first-order valence-corrected chi connectivity index (χ1v) is 5.05. The van der Waals surface area contributed by atoms with Gasteiger partial charge in [0.1, 0.15) is 0 Å². The minimum atomic E-state index is -1.65. The molecular weight excluding hydrogens is 264 g/mol. The van der Waals surface area contributed by atoms with E-state index in [0.29, 0.717) is 12.1 Å². The second-order valence-electron chi connectivity index (χ2n) is 3.58. The molecule has 0 atom stereocenters. The van der Waals surface area contributed by atoms with E-state index in [-0.39, 0.29) is 5.69 Å². The number of aromatic nitrogens is 1. The molecule has 0 spiro atoms. The molecule has 1 heterocycles. The third kappa shape index (κ3) is 2.87. The molecule has 0 unspecified atom stereocenters. The predicted molar refractivity (Wildman–Crippen MR) is 58.5 cm³/mol. The molecule has 0 aliphatic carbocycles. The maximum absolute atomic E-state index is 12.9. The van der Waals surface area contributed by atoms with Crippen LogP contribution in [-0.4, -0.2) is 10.9 Å². The highest BCUT2D eigenvalue weighted by molar-refractivity contribution is 6.04. The van der Waals surface area contributed by atoms with Crippen LogP contribution in [0.4, 0.5) is 23.2 Å². The van der Waals surface area contributed by atoms with Gasteiger partial charge in [0.2, 0.25) is 5.95 Å². The van der Waals surface area contributed by atoms with Gasteiger partial charge in [-0.25, -0.2) is 18.2 Å². The molecule has 1 amide bonds. The van der Waals surface area contributed by atoms with Crippen molar-refractivity contribution in [1.29, 1.82) is 0 Å². The Labute approximate surface area is 104 Å². The molecule has 0 fully saturated rings. The fraction of sp³-hybridized carbons (Fsp3) is 0. The Balaban J connectivity index is 2.23. The fourth-order valence-electron chi connectivity index (χ4n) is 1.34. The first kappa shape index (κ1) is 13.0. The van der Waals surface area contributed by atoms with Gasteiger partial charge in [-0.1, -0.05) is 0 Å². The van der Waals surface area contributed by atoms with Gasteiger partial charge in [-0.2, -0.15) is 4.39 Å². The van der Waals surface area contributed by atoms with Crippen molar-refractivity contribution in [2.75, 3.05) is 5.32 Å². The number of anilines is 1. The van der Waals surface area contributed by atoms with Crippen LogP contribution in [0.25, 0.3) is 0 Å². The van der Waals surface area contributed by atoms with E-state index in [2.05, 4.69) is 10.3 Å². The van der Waals surface area contributed by atoms with Crippen LogP contribution in [0, 0.1) is 23.4 Å². The third-order valence-electron chi connectivity index (χ3n) is 2.23. The minimum absolute atomic E-state index is 0.136. The number of nitrogens with zero attached hydrogens (tertiary/aromatic N) is 1. The van der Waals surface area contributed by atoms with E-state index in [1.54, 1.807) is 0 Å². The van der Waals surface area contributed by atoms with Crippen molar-refractivity contribution in [3.63, 3.8) is 0 Å². The molecule has 2 aromatic rings. The number of halogens is 4. The second kappa shape index (κ2) is 5.05. The molecule has 0 aliphatic rings. The first-order valence-electron chi connectivity index (χ1n) is 5.05. The van der Waals surface area contributed by atoms with Crippen LogP contribution in [0.2, 0.25) is 0 Å². The fourth-order valence-corrected chi connectivity index (χ4v) is 1.34. The summed E-state index contributed by atoms with van der Waals surface area (Å²) in [7, 11) is 0. The lowest BCUT2D eigenvalue weighted by atomic mass is 10.2. The maximum Gasteiger partial charge on any atom is 0.255 e. The smallest absolute Gasteiger partial charge is 0.255 e. The van der Waals surface area contributed by atoms with Crippen LogP contribution in [-0.2, 0) is 0 Å². The minimum Gasteiger partial charge on any atom is -0.321 e. The van der Waals surface area contributed by atoms with Gasteiger partial charge in [0.15, 0.2) is 17.5 Å². The molecule has 0 saturated carbocycles. The molecular formula is C12H6F4N2O. The number of carbonyl (C=O) groups excluding carboxylic acids is 1. The quantitative estimate of drug-likeness (QED) is 0.518. The normalized spacial score (nSPS) is 10.3. The number of benzene rings is 1. The molecule has 1 aromatic carbocycles. The largest absolute Gasteiger partial charge is 0.321 e. The zero-order chi connectivity index (χ0) is 14.0. The number of hydrogen-bond acceptors (Lipinski definition) is 2. The van der Waals surface area contributed by atoms with Gasteiger partial charge in [0.05, 0.1) is 11.9 Å². The summed E-state index contributed by atoms with van der Waals surface area (Å²) in [5.74, 6) is -6.20. The molecule has 1 N–H and O–H groups in total. The van der Waals surface area contributed by atoms with Crippen LogP contribution in [0.15, 0.2) is 30.5 Å². The van der Waals surface area contributed by atoms with Crippen LogP contribution < -0.4 is 5.32 Å². The summed E-state index contributed by atoms with van der Waals surface area (Å²) in [6, 6.07) is 3.34. The molecule has 1 aromatic heterocycles. The number of rotatable bonds is 2. The Bertz CT molecular complexity index is 605. The first-order chi connectivity index (χ1) is 8.97. The van der Waals surface area contributed by atoms with Crippen molar-refractivity contribution >= 4 is 11.6 Å². The SMILES string of the molecule is O=C(Nc1ccc(F)nc1)c1cc(F)c(F)c(F)c1. The van der Waals surface area contributed by atoms with Gasteiger partial charge >= 0.3 is 0 Å². The number of carbonyl (C=O) groups is 1. The summed E-state index contributed by atoms with van der Waals surface area (Å²) < 4.78 is 51.1. The van der Waals surface area contributed by atoms with Crippen LogP contribution >= 0.6 is 0 Å². The van der Waals surface area contributed by atoms with Crippen molar-refractivity contribution in [3.05, 3.63) is 59.4 Å². The molecule has 0 saturated heterocycles. The lowest BCUT2D eigenvalue weighted by Gasteiger charge is -2.05. The van der Waals surface area contributed by atoms with Crippen LogP contribution in [0.5, 0.6) is 0 Å². The number of amides is 1. The van der Waals surface area contributed by atoms with E-state index >= 15 is 0 Å². The molecule has 7 heteroatoms. The highest BCUT2D eigenvalue weighted by Crippen LogP contribution is 2.15. The van der Waals surface area contributed by atoms with Crippen molar-refractivity contribution in [3.8, 4) is 0 Å². The van der Waals surface area contributed by atoms with Crippen molar-refractivity contribution in [2.45, 2.75) is 0 Å². The Morgan fingerprint density at radius 2 is 1.68 bits per heavy atom. The Morgan fingerprint density at radius 1 is 1.05 bits per heavy atom. The Hall–Kier alpha value is -2.44. The number of pyridine rings is 1. The van der Waals surface area contributed by atoms with Crippen molar-refractivity contribution in [1.82, 2.24) is 4.98 Å². The van der Waals surface area contributed by atoms with Crippen LogP contribution in [0.3, 0.4) is 0 Å². The Kier molecular flexibility index (Phi) is 3.46. The standard InChI is InChI=1S/C12H6F4N2O/c13-8-3-6(4-9(14)11(8)16)12(19)18-7-1-2-10(15)17-5-7/h1-5H,(H,18,19). The van der Waals surface area contributed by atoms with Crippen LogP contribution in [0.1, 0.15) is 10.4 Å². The second-order valence-corrected chi connectivity index (χ2v) is 3.58. The molecule has 19 heavy (non-hydrogen) atoms. The van der Waals surface area contributed by atoms with E-state index in [1.807, 2.05) is 0 Å². The topological polar surface area (TPSA) is 42.0 Å². The predicted octanol–water partition coefficient (Wildman–Crippen LogP) is 2.89. The monoisotopic (exact) mass is 270 g/mol. The summed E-state index contributed by atoms with van der Waals surface area (Å²) in [5, 5.41) is 2.24. The number of nitrogens with one attached hydrogen (secondary N) is 1. The number of hydrogen-bond donors (Lipinski definition) is 1. The van der Waals surface area contributed by atoms with Gasteiger partial charge in [-0.05, 0) is 24.3 Å². The zero-order valence-corrected chi connectivity index (χ0v) is 9.25. The highest BCUT2D eigenvalue weighted by atomic mass is 19.2. The van der Waals surface area contributed by atoms with Gasteiger partial charge in [0, 0.05) is 5.56 Å². The van der Waals surface area contributed by atoms with Gasteiger partial charge in [-0.15, -0.1) is 0 Å². The average Bonchev–Trinajstić information content (AvgIpc) is 2.38.